The van der Waals surface area contributed by atoms with Crippen LogP contribution < -0.4 is 9.47 Å². The number of rotatable bonds is 9. The third kappa shape index (κ3) is 6.53. The first-order chi connectivity index (χ1) is 17.2. The molecule has 188 valence electrons. The number of hydrogen-bond donors (Lipinski definition) is 0. The molecule has 0 aliphatic heterocycles. The highest BCUT2D eigenvalue weighted by Gasteiger charge is 2.30. The van der Waals surface area contributed by atoms with Gasteiger partial charge in [0.15, 0.2) is 0 Å². The molecule has 0 radical (unpaired) electrons. The molecule has 0 spiro atoms. The van der Waals surface area contributed by atoms with Gasteiger partial charge in [-0.2, -0.15) is 0 Å². The topological polar surface area (TPSA) is 18.5 Å². The Balaban J connectivity index is 1.40. The maximum absolute atomic E-state index is 15.2. The van der Waals surface area contributed by atoms with Crippen molar-refractivity contribution in [3.63, 3.8) is 0 Å². The van der Waals surface area contributed by atoms with Crippen LogP contribution in [0.3, 0.4) is 0 Å². The molecule has 4 aromatic rings. The Morgan fingerprint density at radius 2 is 1.31 bits per heavy atom. The standard InChI is InChI=1S/C29H25F5O2/c1-2-35-25-15-12-21(27(30)18-25)8-4-20-7-16-26-23(17-20)11-10-22(28(26)31)9-3-19-5-13-24(14-6-19)36-29(32,33)34/h5-7,10-18H,2-4,8-9H2,1H3. The van der Waals surface area contributed by atoms with E-state index in [1.807, 2.05) is 25.1 Å². The Hall–Kier alpha value is -3.61. The van der Waals surface area contributed by atoms with Gasteiger partial charge < -0.3 is 9.47 Å². The van der Waals surface area contributed by atoms with Gasteiger partial charge in [0, 0.05) is 11.5 Å². The summed E-state index contributed by atoms with van der Waals surface area (Å²) in [6.07, 6.45) is -2.74. The van der Waals surface area contributed by atoms with Gasteiger partial charge in [-0.15, -0.1) is 13.2 Å². The number of halogens is 5. The zero-order valence-electron chi connectivity index (χ0n) is 19.7. The van der Waals surface area contributed by atoms with E-state index in [2.05, 4.69) is 4.74 Å². The quantitative estimate of drug-likeness (QED) is 0.217. The fourth-order valence-corrected chi connectivity index (χ4v) is 4.14. The summed E-state index contributed by atoms with van der Waals surface area (Å²) in [6.45, 7) is 2.32. The molecule has 0 saturated carbocycles. The summed E-state index contributed by atoms with van der Waals surface area (Å²) >= 11 is 0. The minimum Gasteiger partial charge on any atom is -0.494 e. The van der Waals surface area contributed by atoms with Crippen LogP contribution in [-0.2, 0) is 25.7 Å². The van der Waals surface area contributed by atoms with Crippen LogP contribution in [0, 0.1) is 11.6 Å². The summed E-state index contributed by atoms with van der Waals surface area (Å²) < 4.78 is 75.6. The SMILES string of the molecule is CCOc1ccc(CCc2ccc3c(F)c(CCc4ccc(OC(F)(F)F)cc4)ccc3c2)c(F)c1. The fourth-order valence-electron chi connectivity index (χ4n) is 4.14. The van der Waals surface area contributed by atoms with E-state index in [0.29, 0.717) is 54.6 Å². The van der Waals surface area contributed by atoms with E-state index in [4.69, 9.17) is 4.74 Å². The van der Waals surface area contributed by atoms with Crippen LogP contribution in [0.4, 0.5) is 22.0 Å². The second-order valence-corrected chi connectivity index (χ2v) is 8.47. The highest BCUT2D eigenvalue weighted by atomic mass is 19.4. The average molecular weight is 501 g/mol. The normalized spacial score (nSPS) is 11.6. The molecule has 0 aromatic heterocycles. The largest absolute Gasteiger partial charge is 0.573 e. The molecule has 0 saturated heterocycles. The molecule has 0 heterocycles. The van der Waals surface area contributed by atoms with Crippen molar-refractivity contribution in [2.45, 2.75) is 39.0 Å². The van der Waals surface area contributed by atoms with E-state index < -0.39 is 6.36 Å². The predicted molar refractivity (Wildman–Crippen MR) is 129 cm³/mol. The van der Waals surface area contributed by atoms with Crippen molar-refractivity contribution < 1.29 is 31.4 Å². The van der Waals surface area contributed by atoms with Gasteiger partial charge in [0.25, 0.3) is 0 Å². The number of fused-ring (bicyclic) bond motifs is 1. The zero-order chi connectivity index (χ0) is 25.7. The smallest absolute Gasteiger partial charge is 0.494 e. The third-order valence-corrected chi connectivity index (χ3v) is 5.96. The molecule has 4 rings (SSSR count). The van der Waals surface area contributed by atoms with E-state index >= 15 is 4.39 Å². The first kappa shape index (κ1) is 25.5. The summed E-state index contributed by atoms with van der Waals surface area (Å²) in [6, 6.07) is 19.5. The van der Waals surface area contributed by atoms with Gasteiger partial charge >= 0.3 is 6.36 Å². The van der Waals surface area contributed by atoms with Crippen molar-refractivity contribution in [3.8, 4) is 11.5 Å². The molecule has 2 nitrogen and oxygen atoms in total. The maximum atomic E-state index is 15.2. The fraction of sp³-hybridized carbons (Fsp3) is 0.241. The van der Waals surface area contributed by atoms with Crippen molar-refractivity contribution in [2.75, 3.05) is 6.61 Å². The Bertz CT molecular complexity index is 1330. The number of hydrogen-bond acceptors (Lipinski definition) is 2. The lowest BCUT2D eigenvalue weighted by Crippen LogP contribution is -2.17. The minimum atomic E-state index is -4.74. The second-order valence-electron chi connectivity index (χ2n) is 8.47. The summed E-state index contributed by atoms with van der Waals surface area (Å²) in [5, 5.41) is 1.26. The number of benzene rings is 4. The molecule has 0 N–H and O–H groups in total. The highest BCUT2D eigenvalue weighted by Crippen LogP contribution is 2.26. The van der Waals surface area contributed by atoms with Crippen molar-refractivity contribution in [2.24, 2.45) is 0 Å². The highest BCUT2D eigenvalue weighted by molar-refractivity contribution is 5.84. The lowest BCUT2D eigenvalue weighted by Gasteiger charge is -2.11. The molecular weight excluding hydrogens is 475 g/mol. The molecule has 7 heteroatoms. The van der Waals surface area contributed by atoms with Gasteiger partial charge in [-0.25, -0.2) is 8.78 Å². The van der Waals surface area contributed by atoms with E-state index in [9.17, 15) is 17.6 Å². The third-order valence-electron chi connectivity index (χ3n) is 5.96. The molecule has 0 atom stereocenters. The van der Waals surface area contributed by atoms with E-state index in [1.165, 1.54) is 18.2 Å². The summed E-state index contributed by atoms with van der Waals surface area (Å²) in [5.41, 5.74) is 2.88. The van der Waals surface area contributed by atoms with Crippen LogP contribution in [0.25, 0.3) is 10.8 Å². The van der Waals surface area contributed by atoms with Crippen LogP contribution in [0.1, 0.15) is 29.2 Å². The lowest BCUT2D eigenvalue weighted by atomic mass is 9.97. The molecule has 0 bridgehead atoms. The Kier molecular flexibility index (Phi) is 7.77. The van der Waals surface area contributed by atoms with Gasteiger partial charge in [0.05, 0.1) is 6.61 Å². The Morgan fingerprint density at radius 1 is 0.667 bits per heavy atom. The monoisotopic (exact) mass is 500 g/mol. The first-order valence-electron chi connectivity index (χ1n) is 11.7. The van der Waals surface area contributed by atoms with Crippen molar-refractivity contribution in [1.82, 2.24) is 0 Å². The molecule has 0 unspecified atom stereocenters. The predicted octanol–water partition coefficient (Wildman–Crippen LogP) is 7.99. The van der Waals surface area contributed by atoms with Crippen LogP contribution in [-0.4, -0.2) is 13.0 Å². The summed E-state index contributed by atoms with van der Waals surface area (Å²) in [7, 11) is 0. The summed E-state index contributed by atoms with van der Waals surface area (Å²) in [4.78, 5) is 0. The molecule has 36 heavy (non-hydrogen) atoms. The Morgan fingerprint density at radius 3 is 2.00 bits per heavy atom. The lowest BCUT2D eigenvalue weighted by molar-refractivity contribution is -0.274. The first-order valence-corrected chi connectivity index (χ1v) is 11.7. The van der Waals surface area contributed by atoms with Gasteiger partial charge in [-0.05, 0) is 78.4 Å². The molecular formula is C29H25F5O2. The second kappa shape index (κ2) is 11.0. The molecule has 0 amide bonds. The molecule has 0 aliphatic carbocycles. The van der Waals surface area contributed by atoms with Gasteiger partial charge in [0.1, 0.15) is 23.1 Å². The molecule has 4 aromatic carbocycles. The van der Waals surface area contributed by atoms with Gasteiger partial charge in [-0.1, -0.05) is 48.5 Å². The van der Waals surface area contributed by atoms with Crippen LogP contribution in [0.15, 0.2) is 72.8 Å². The molecule has 0 aliphatic rings. The number of aryl methyl sites for hydroxylation is 4. The van der Waals surface area contributed by atoms with Crippen molar-refractivity contribution in [1.29, 1.82) is 0 Å². The molecule has 0 fully saturated rings. The number of alkyl halides is 3. The van der Waals surface area contributed by atoms with Crippen molar-refractivity contribution >= 4 is 10.8 Å². The maximum Gasteiger partial charge on any atom is 0.573 e. The summed E-state index contributed by atoms with van der Waals surface area (Å²) in [5.74, 6) is -0.402. The van der Waals surface area contributed by atoms with E-state index in [1.54, 1.807) is 36.4 Å². The van der Waals surface area contributed by atoms with Gasteiger partial charge in [-0.3, -0.25) is 0 Å². The van der Waals surface area contributed by atoms with Crippen LogP contribution in [0.2, 0.25) is 0 Å². The van der Waals surface area contributed by atoms with Crippen LogP contribution in [0.5, 0.6) is 11.5 Å². The van der Waals surface area contributed by atoms with Gasteiger partial charge in [0.2, 0.25) is 0 Å². The average Bonchev–Trinajstić information content (AvgIpc) is 2.83. The minimum absolute atomic E-state index is 0.288. The zero-order valence-corrected chi connectivity index (χ0v) is 19.7. The number of ether oxygens (including phenoxy) is 2. The Labute approximate surface area is 206 Å². The van der Waals surface area contributed by atoms with E-state index in [-0.39, 0.29) is 17.4 Å². The van der Waals surface area contributed by atoms with Crippen molar-refractivity contribution in [3.05, 3.63) is 107 Å². The van der Waals surface area contributed by atoms with Crippen LogP contribution >= 0.6 is 0 Å². The van der Waals surface area contributed by atoms with E-state index in [0.717, 1.165) is 16.5 Å².